The molecule has 0 aromatic carbocycles. The number of dihydropyridines is 1. The van der Waals surface area contributed by atoms with Gasteiger partial charge in [0.15, 0.2) is 0 Å². The summed E-state index contributed by atoms with van der Waals surface area (Å²) in [6, 6.07) is 9.05. The van der Waals surface area contributed by atoms with Gasteiger partial charge in [0.05, 0.1) is 29.1 Å². The summed E-state index contributed by atoms with van der Waals surface area (Å²) in [7, 11) is 0. The number of aliphatic imine (C=N–C) groups is 1. The van der Waals surface area contributed by atoms with Crippen LogP contribution in [0, 0.1) is 17.2 Å². The number of hydrogen-bond donors (Lipinski definition) is 1. The van der Waals surface area contributed by atoms with Crippen molar-refractivity contribution >= 4 is 23.5 Å². The summed E-state index contributed by atoms with van der Waals surface area (Å²) in [4.78, 5) is 24.9. The third kappa shape index (κ3) is 4.66. The van der Waals surface area contributed by atoms with Gasteiger partial charge in [0.1, 0.15) is 24.2 Å². The normalized spacial score (nSPS) is 22.9. The smallest absolute Gasteiger partial charge is 0.269 e. The highest BCUT2D eigenvalue weighted by Crippen LogP contribution is 2.36. The summed E-state index contributed by atoms with van der Waals surface area (Å²) in [5, 5.41) is 24.0. The van der Waals surface area contributed by atoms with Gasteiger partial charge in [-0.25, -0.2) is 14.5 Å². The molecule has 0 radical (unpaired) electrons. The minimum atomic E-state index is -0.981. The lowest BCUT2D eigenvalue weighted by atomic mass is 9.86. The van der Waals surface area contributed by atoms with Crippen LogP contribution in [-0.4, -0.2) is 80.7 Å². The number of ether oxygens (including phenoxy) is 1. The number of rotatable bonds is 7. The van der Waals surface area contributed by atoms with Gasteiger partial charge in [-0.05, 0) is 38.5 Å². The molecule has 194 valence electrons. The van der Waals surface area contributed by atoms with Crippen molar-refractivity contribution in [2.45, 2.75) is 38.0 Å². The predicted octanol–water partition coefficient (Wildman–Crippen LogP) is 2.46. The topological polar surface area (TPSA) is 119 Å². The summed E-state index contributed by atoms with van der Waals surface area (Å²) in [5.74, 6) is 1.47. The van der Waals surface area contributed by atoms with E-state index in [0.717, 1.165) is 36.6 Å². The number of nitrogens with zero attached hydrogens (tertiary/aromatic N) is 7. The van der Waals surface area contributed by atoms with Gasteiger partial charge in [-0.3, -0.25) is 9.69 Å². The second-order valence-corrected chi connectivity index (χ2v) is 10.8. The van der Waals surface area contributed by atoms with Crippen LogP contribution in [0.4, 0.5) is 5.82 Å². The zero-order chi connectivity index (χ0) is 26.4. The van der Waals surface area contributed by atoms with Gasteiger partial charge in [-0.15, -0.1) is 0 Å². The van der Waals surface area contributed by atoms with Gasteiger partial charge in [0, 0.05) is 67.3 Å². The van der Waals surface area contributed by atoms with E-state index in [0.29, 0.717) is 28.9 Å². The van der Waals surface area contributed by atoms with Crippen LogP contribution in [0.15, 0.2) is 53.9 Å². The molecule has 1 amide bonds. The fourth-order valence-corrected chi connectivity index (χ4v) is 5.46. The van der Waals surface area contributed by atoms with Crippen LogP contribution >= 0.6 is 0 Å². The van der Waals surface area contributed by atoms with E-state index in [9.17, 15) is 15.2 Å². The standard InChI is InChI=1S/C28H29N7O3/c1-28(2,37)17-38-23-8-24(27-20(9-29)12-32-35(27)16-23)19-4-5-25(30-11-19)33-14-21-7-22(15-33)34(21)13-18-3-6-26(36)31-10-18/h3-6,8,10-12,16,18,21-22,37H,7,13-15,17H2,1-2H3. The molecule has 2 bridgehead atoms. The number of anilines is 1. The van der Waals surface area contributed by atoms with E-state index < -0.39 is 5.60 Å². The maximum atomic E-state index is 11.3. The average molecular weight is 512 g/mol. The molecule has 7 heterocycles. The number of piperazine rings is 1. The number of pyridine rings is 2. The Bertz CT molecular complexity index is 1450. The summed E-state index contributed by atoms with van der Waals surface area (Å²) in [6.07, 6.45) is 11.5. The molecule has 3 aromatic rings. The van der Waals surface area contributed by atoms with Gasteiger partial charge in [-0.1, -0.05) is 6.08 Å². The number of carbonyl (C=O) groups excluding carboxylic acids is 1. The summed E-state index contributed by atoms with van der Waals surface area (Å²) in [5.41, 5.74) is 1.82. The van der Waals surface area contributed by atoms with E-state index in [1.807, 2.05) is 30.5 Å². The highest BCUT2D eigenvalue weighted by molar-refractivity contribution is 5.97. The molecular weight excluding hydrogens is 482 g/mol. The van der Waals surface area contributed by atoms with Crippen LogP contribution in [0.3, 0.4) is 0 Å². The Labute approximate surface area is 220 Å². The molecule has 3 atom stereocenters. The zero-order valence-electron chi connectivity index (χ0n) is 21.4. The number of carbonyl (C=O) groups is 1. The average Bonchev–Trinajstić information content (AvgIpc) is 3.34. The van der Waals surface area contributed by atoms with Crippen molar-refractivity contribution in [3.63, 3.8) is 0 Å². The van der Waals surface area contributed by atoms with Crippen LogP contribution < -0.4 is 9.64 Å². The van der Waals surface area contributed by atoms with E-state index in [1.54, 1.807) is 43.0 Å². The molecule has 0 aliphatic carbocycles. The SMILES string of the molecule is CC(C)(O)COc1cc(-c2ccc(N3CC4CC(C3)N4CC3C=CC(=O)N=C3)nc2)c2c(C#N)cnn2c1. The Morgan fingerprint density at radius 3 is 2.71 bits per heavy atom. The van der Waals surface area contributed by atoms with E-state index >= 15 is 0 Å². The van der Waals surface area contributed by atoms with Gasteiger partial charge < -0.3 is 14.7 Å². The van der Waals surface area contributed by atoms with E-state index in [1.165, 1.54) is 6.42 Å². The van der Waals surface area contributed by atoms with Crippen LogP contribution in [0.5, 0.6) is 5.75 Å². The highest BCUT2D eigenvalue weighted by Gasteiger charge is 2.45. The fraction of sp³-hybridized carbons (Fsp3) is 0.393. The Balaban J connectivity index is 1.20. The molecule has 4 aliphatic rings. The van der Waals surface area contributed by atoms with Crippen LogP contribution in [0.2, 0.25) is 0 Å². The Hall–Kier alpha value is -4.07. The van der Waals surface area contributed by atoms with Crippen molar-refractivity contribution in [3.05, 3.63) is 54.5 Å². The molecule has 7 rings (SSSR count). The fourth-order valence-electron chi connectivity index (χ4n) is 5.46. The Morgan fingerprint density at radius 1 is 1.24 bits per heavy atom. The van der Waals surface area contributed by atoms with Crippen LogP contribution in [0.25, 0.3) is 16.6 Å². The Morgan fingerprint density at radius 2 is 2.05 bits per heavy atom. The largest absolute Gasteiger partial charge is 0.489 e. The molecule has 3 saturated heterocycles. The lowest BCUT2D eigenvalue weighted by Gasteiger charge is -2.57. The second kappa shape index (κ2) is 9.35. The maximum absolute atomic E-state index is 11.3. The molecule has 3 fully saturated rings. The zero-order valence-corrected chi connectivity index (χ0v) is 21.4. The van der Waals surface area contributed by atoms with Gasteiger partial charge in [-0.2, -0.15) is 10.4 Å². The predicted molar refractivity (Wildman–Crippen MR) is 142 cm³/mol. The van der Waals surface area contributed by atoms with E-state index in [2.05, 4.69) is 26.0 Å². The third-order valence-corrected chi connectivity index (χ3v) is 7.33. The second-order valence-electron chi connectivity index (χ2n) is 10.8. The number of nitriles is 1. The molecule has 1 N–H and O–H groups in total. The van der Waals surface area contributed by atoms with Gasteiger partial charge in [0.25, 0.3) is 5.91 Å². The molecular formula is C28H29N7O3. The molecule has 38 heavy (non-hydrogen) atoms. The first-order valence-electron chi connectivity index (χ1n) is 12.8. The molecule has 10 heteroatoms. The monoisotopic (exact) mass is 511 g/mol. The molecule has 3 unspecified atom stereocenters. The van der Waals surface area contributed by atoms with Gasteiger partial charge in [0.2, 0.25) is 0 Å². The molecule has 3 aromatic heterocycles. The number of fused-ring (bicyclic) bond motifs is 3. The van der Waals surface area contributed by atoms with E-state index in [-0.39, 0.29) is 18.4 Å². The van der Waals surface area contributed by atoms with Crippen molar-refractivity contribution in [3.8, 4) is 22.9 Å². The van der Waals surface area contributed by atoms with Crippen LogP contribution in [-0.2, 0) is 4.79 Å². The number of aromatic nitrogens is 3. The number of amides is 1. The molecule has 0 spiro atoms. The lowest BCUT2D eigenvalue weighted by Crippen LogP contribution is -2.69. The molecule has 4 aliphatic heterocycles. The lowest BCUT2D eigenvalue weighted by molar-refractivity contribution is -0.113. The maximum Gasteiger partial charge on any atom is 0.269 e. The first-order chi connectivity index (χ1) is 18.3. The summed E-state index contributed by atoms with van der Waals surface area (Å²) in [6.45, 7) is 6.19. The van der Waals surface area contributed by atoms with E-state index in [4.69, 9.17) is 9.72 Å². The third-order valence-electron chi connectivity index (χ3n) is 7.33. The molecule has 10 nitrogen and oxygen atoms in total. The Kier molecular flexibility index (Phi) is 5.97. The summed E-state index contributed by atoms with van der Waals surface area (Å²) >= 11 is 0. The molecule has 0 saturated carbocycles. The van der Waals surface area contributed by atoms with Crippen molar-refractivity contribution in [1.82, 2.24) is 19.5 Å². The van der Waals surface area contributed by atoms with Crippen LogP contribution in [0.1, 0.15) is 25.8 Å². The van der Waals surface area contributed by atoms with Crippen molar-refractivity contribution in [2.75, 3.05) is 31.1 Å². The first kappa shape index (κ1) is 24.3. The first-order valence-corrected chi connectivity index (χ1v) is 12.8. The summed E-state index contributed by atoms with van der Waals surface area (Å²) < 4.78 is 7.47. The highest BCUT2D eigenvalue weighted by atomic mass is 16.5. The minimum Gasteiger partial charge on any atom is -0.489 e. The number of hydrogen-bond acceptors (Lipinski definition) is 8. The number of aliphatic hydroxyl groups is 1. The van der Waals surface area contributed by atoms with Crippen molar-refractivity contribution < 1.29 is 14.6 Å². The van der Waals surface area contributed by atoms with Crippen molar-refractivity contribution in [1.29, 1.82) is 5.26 Å². The number of piperidine rings is 1. The minimum absolute atomic E-state index is 0.123. The van der Waals surface area contributed by atoms with Crippen molar-refractivity contribution in [2.24, 2.45) is 10.9 Å². The quantitative estimate of drug-likeness (QED) is 0.514. The van der Waals surface area contributed by atoms with Gasteiger partial charge >= 0.3 is 0 Å².